The zero-order valence-electron chi connectivity index (χ0n) is 18.8. The van der Waals surface area contributed by atoms with Crippen LogP contribution in [0.1, 0.15) is 49.9 Å². The first kappa shape index (κ1) is 24.9. The maximum Gasteiger partial charge on any atom is 0.308 e. The number of carbonyl (C=O) groups is 4. The van der Waals surface area contributed by atoms with Crippen LogP contribution < -0.4 is 10.6 Å². The fraction of sp³-hybridized carbons (Fsp3) is 0.231. The van der Waals surface area contributed by atoms with Gasteiger partial charge in [0.1, 0.15) is 0 Å². The van der Waals surface area contributed by atoms with Gasteiger partial charge in [-0.25, -0.2) is 0 Å². The van der Waals surface area contributed by atoms with Gasteiger partial charge in [0.2, 0.25) is 11.7 Å². The van der Waals surface area contributed by atoms with E-state index < -0.39 is 12.0 Å². The van der Waals surface area contributed by atoms with Crippen LogP contribution in [0.25, 0.3) is 0 Å². The molecule has 0 unspecified atom stereocenters. The highest BCUT2D eigenvalue weighted by atomic mass is 32.1. The fourth-order valence-corrected chi connectivity index (χ4v) is 4.17. The Hall–Kier alpha value is -3.78. The molecule has 1 aromatic heterocycles. The summed E-state index contributed by atoms with van der Waals surface area (Å²) in [6.45, 7) is 1.57. The molecule has 0 aliphatic carbocycles. The minimum Gasteiger partial charge on any atom is -0.457 e. The second-order valence-corrected chi connectivity index (χ2v) is 8.76. The third-order valence-corrected chi connectivity index (χ3v) is 6.15. The van der Waals surface area contributed by atoms with Crippen molar-refractivity contribution >= 4 is 34.9 Å². The zero-order valence-corrected chi connectivity index (χ0v) is 19.6. The molecule has 3 rings (SSSR count). The molecular weight excluding hydrogens is 452 g/mol. The van der Waals surface area contributed by atoms with Gasteiger partial charge in [0.15, 0.2) is 6.61 Å². The topological polar surface area (TPSA) is 102 Å². The first-order valence-corrected chi connectivity index (χ1v) is 11.7. The molecule has 0 aliphatic heterocycles. The van der Waals surface area contributed by atoms with E-state index in [9.17, 15) is 19.2 Å². The molecule has 2 aromatic carbocycles. The predicted molar refractivity (Wildman–Crippen MR) is 130 cm³/mol. The molecule has 1 atom stereocenters. The van der Waals surface area contributed by atoms with E-state index in [-0.39, 0.29) is 30.6 Å². The highest BCUT2D eigenvalue weighted by Gasteiger charge is 2.21. The maximum absolute atomic E-state index is 12.6. The molecule has 3 aromatic rings. The highest BCUT2D eigenvalue weighted by molar-refractivity contribution is 7.14. The molecule has 0 saturated carbocycles. The number of thiophene rings is 1. The van der Waals surface area contributed by atoms with Crippen LogP contribution in [-0.2, 0) is 20.7 Å². The second-order valence-electron chi connectivity index (χ2n) is 7.59. The van der Waals surface area contributed by atoms with Gasteiger partial charge in [0, 0.05) is 23.9 Å². The van der Waals surface area contributed by atoms with Gasteiger partial charge >= 0.3 is 5.97 Å². The number of Topliss-reactive ketones (excluding diaryl/α,β-unsaturated/α-hetero) is 1. The molecule has 2 N–H and O–H groups in total. The average Bonchev–Trinajstić information content (AvgIpc) is 3.32. The van der Waals surface area contributed by atoms with Crippen LogP contribution >= 0.6 is 11.3 Å². The van der Waals surface area contributed by atoms with Gasteiger partial charge in [-0.1, -0.05) is 48.5 Å². The second kappa shape index (κ2) is 12.5. The summed E-state index contributed by atoms with van der Waals surface area (Å²) in [5.41, 5.74) is 1.25. The van der Waals surface area contributed by atoms with Crippen molar-refractivity contribution in [3.05, 3.63) is 93.7 Å². The number of nitrogens with one attached hydrogen (secondary N) is 2. The van der Waals surface area contributed by atoms with Crippen LogP contribution in [-0.4, -0.2) is 36.7 Å². The van der Waals surface area contributed by atoms with E-state index in [4.69, 9.17) is 4.74 Å². The maximum atomic E-state index is 12.6. The number of ketones is 1. The summed E-state index contributed by atoms with van der Waals surface area (Å²) in [6.07, 6.45) is 0.513. The number of carbonyl (C=O) groups excluding carboxylic acids is 4. The van der Waals surface area contributed by atoms with E-state index in [1.807, 2.05) is 42.5 Å². The number of esters is 1. The largest absolute Gasteiger partial charge is 0.457 e. The summed E-state index contributed by atoms with van der Waals surface area (Å²) >= 11 is 1.31. The van der Waals surface area contributed by atoms with Crippen molar-refractivity contribution in [2.45, 2.75) is 25.8 Å². The first-order chi connectivity index (χ1) is 16.4. The lowest BCUT2D eigenvalue weighted by molar-refractivity contribution is -0.143. The van der Waals surface area contributed by atoms with Crippen LogP contribution in [0.4, 0.5) is 0 Å². The molecule has 0 radical (unpaired) electrons. The number of rotatable bonds is 11. The molecule has 176 valence electrons. The molecule has 0 fully saturated rings. The lowest BCUT2D eigenvalue weighted by Crippen LogP contribution is -2.31. The van der Waals surface area contributed by atoms with Crippen LogP contribution in [0.3, 0.4) is 0 Å². The van der Waals surface area contributed by atoms with Crippen LogP contribution in [0.15, 0.2) is 72.8 Å². The van der Waals surface area contributed by atoms with Crippen molar-refractivity contribution in [1.29, 1.82) is 0 Å². The Morgan fingerprint density at radius 3 is 2.26 bits per heavy atom. The highest BCUT2D eigenvalue weighted by Crippen LogP contribution is 2.20. The third-order valence-electron chi connectivity index (χ3n) is 4.96. The van der Waals surface area contributed by atoms with Crippen LogP contribution in [0.2, 0.25) is 0 Å². The normalized spacial score (nSPS) is 11.3. The first-order valence-electron chi connectivity index (χ1n) is 10.8. The van der Waals surface area contributed by atoms with E-state index in [1.165, 1.54) is 18.3 Å². The van der Waals surface area contributed by atoms with Gasteiger partial charge < -0.3 is 15.4 Å². The van der Waals surface area contributed by atoms with Gasteiger partial charge in [-0.15, -0.1) is 11.3 Å². The standard InChI is InChI=1S/C26H26N2O5S/c1-18(29)27-15-14-21-12-13-24(34-21)23(30)17-33-25(31)16-22(19-8-4-2-5-9-19)28-26(32)20-10-6-3-7-11-20/h2-13,22H,14-17H2,1H3,(H,27,29)(H,28,32)/t22-/m1/s1. The van der Waals surface area contributed by atoms with Crippen LogP contribution in [0, 0.1) is 0 Å². The van der Waals surface area contributed by atoms with Crippen LogP contribution in [0.5, 0.6) is 0 Å². The Morgan fingerprint density at radius 2 is 1.59 bits per heavy atom. The van der Waals surface area contributed by atoms with Crippen molar-refractivity contribution in [2.24, 2.45) is 0 Å². The van der Waals surface area contributed by atoms with Gasteiger partial charge in [0.05, 0.1) is 17.3 Å². The molecule has 1 heterocycles. The molecule has 0 spiro atoms. The average molecular weight is 479 g/mol. The molecule has 8 heteroatoms. The Kier molecular flexibility index (Phi) is 9.11. The summed E-state index contributed by atoms with van der Waals surface area (Å²) in [6, 6.07) is 20.8. The third kappa shape index (κ3) is 7.67. The van der Waals surface area contributed by atoms with Crippen molar-refractivity contribution < 1.29 is 23.9 Å². The molecular formula is C26H26N2O5S. The van der Waals surface area contributed by atoms with E-state index >= 15 is 0 Å². The predicted octanol–water partition coefficient (Wildman–Crippen LogP) is 3.71. The van der Waals surface area contributed by atoms with E-state index in [0.29, 0.717) is 23.4 Å². The number of benzene rings is 2. The lowest BCUT2D eigenvalue weighted by atomic mass is 10.0. The number of hydrogen-bond acceptors (Lipinski definition) is 6. The van der Waals surface area contributed by atoms with Gasteiger partial charge in [0.25, 0.3) is 5.91 Å². The smallest absolute Gasteiger partial charge is 0.308 e. The molecule has 0 bridgehead atoms. The Labute approximate surface area is 202 Å². The fourth-order valence-electron chi connectivity index (χ4n) is 3.24. The summed E-state index contributed by atoms with van der Waals surface area (Å²) < 4.78 is 5.23. The Balaban J connectivity index is 1.56. The van der Waals surface area contributed by atoms with Crippen molar-refractivity contribution in [2.75, 3.05) is 13.2 Å². The summed E-state index contributed by atoms with van der Waals surface area (Å²) in [4.78, 5) is 50.0. The van der Waals surface area contributed by atoms with Gasteiger partial charge in [-0.05, 0) is 36.2 Å². The van der Waals surface area contributed by atoms with Crippen molar-refractivity contribution in [3.8, 4) is 0 Å². The monoisotopic (exact) mass is 478 g/mol. The SMILES string of the molecule is CC(=O)NCCc1ccc(C(=O)COC(=O)C[C@@H](NC(=O)c2ccccc2)c2ccccc2)s1. The number of ether oxygens (including phenoxy) is 1. The molecule has 34 heavy (non-hydrogen) atoms. The summed E-state index contributed by atoms with van der Waals surface area (Å²) in [5, 5.41) is 5.59. The van der Waals surface area contributed by atoms with Gasteiger partial charge in [-0.2, -0.15) is 0 Å². The summed E-state index contributed by atoms with van der Waals surface area (Å²) in [5.74, 6) is -1.29. The van der Waals surface area contributed by atoms with E-state index in [2.05, 4.69) is 10.6 Å². The summed E-state index contributed by atoms with van der Waals surface area (Å²) in [7, 11) is 0. The number of hydrogen-bond donors (Lipinski definition) is 2. The molecule has 7 nitrogen and oxygen atoms in total. The Morgan fingerprint density at radius 1 is 0.912 bits per heavy atom. The zero-order chi connectivity index (χ0) is 24.3. The quantitative estimate of drug-likeness (QED) is 0.323. The molecule has 0 saturated heterocycles. The van der Waals surface area contributed by atoms with Crippen molar-refractivity contribution in [3.63, 3.8) is 0 Å². The Bertz CT molecular complexity index is 1130. The van der Waals surface area contributed by atoms with E-state index in [1.54, 1.807) is 30.3 Å². The van der Waals surface area contributed by atoms with Crippen molar-refractivity contribution in [1.82, 2.24) is 10.6 Å². The minimum atomic E-state index is -0.598. The minimum absolute atomic E-state index is 0.103. The van der Waals surface area contributed by atoms with E-state index in [0.717, 1.165) is 10.4 Å². The van der Waals surface area contributed by atoms with Gasteiger partial charge in [-0.3, -0.25) is 19.2 Å². The number of amides is 2. The lowest BCUT2D eigenvalue weighted by Gasteiger charge is -2.18. The molecule has 0 aliphatic rings. The molecule has 2 amide bonds.